The third-order valence-corrected chi connectivity index (χ3v) is 9.51. The highest BCUT2D eigenvalue weighted by atomic mass is 32.2. The lowest BCUT2D eigenvalue weighted by atomic mass is 9.97. The Balaban J connectivity index is 1.30. The molecular weight excluding hydrogens is 579 g/mol. The maximum absolute atomic E-state index is 13.2. The van der Waals surface area contributed by atoms with Crippen molar-refractivity contribution in [2.75, 3.05) is 38.4 Å². The van der Waals surface area contributed by atoms with Crippen LogP contribution >= 0.6 is 19.6 Å². The first-order chi connectivity index (χ1) is 19.3. The number of rotatable bonds is 11. The summed E-state index contributed by atoms with van der Waals surface area (Å²) in [7, 11) is -2.46. The van der Waals surface area contributed by atoms with Gasteiger partial charge in [0.15, 0.2) is 16.3 Å². The summed E-state index contributed by atoms with van der Waals surface area (Å²) in [5, 5.41) is -0.217. The smallest absolute Gasteiger partial charge is 0.475 e. The number of carbonyl (C=O) groups is 2. The number of nitrogens with zero attached hydrogens (tertiary/aromatic N) is 4. The largest absolute Gasteiger partial charge is 0.479 e. The van der Waals surface area contributed by atoms with Gasteiger partial charge in [-0.3, -0.25) is 27.7 Å². The first-order valence-corrected chi connectivity index (χ1v) is 15.6. The van der Waals surface area contributed by atoms with E-state index in [2.05, 4.69) is 15.0 Å². The van der Waals surface area contributed by atoms with E-state index in [0.29, 0.717) is 11.2 Å². The van der Waals surface area contributed by atoms with Crippen LogP contribution in [0.4, 0.5) is 5.95 Å². The highest BCUT2D eigenvalue weighted by Gasteiger charge is 2.52. The lowest BCUT2D eigenvalue weighted by Crippen LogP contribution is -2.39. The molecule has 228 valence electrons. The van der Waals surface area contributed by atoms with Gasteiger partial charge >= 0.3 is 13.8 Å². The molecule has 6 atom stereocenters. The van der Waals surface area contributed by atoms with E-state index in [4.69, 9.17) is 39.2 Å². The average molecular weight is 617 g/mol. The lowest BCUT2D eigenvalue weighted by Gasteiger charge is -2.31. The van der Waals surface area contributed by atoms with E-state index in [1.807, 2.05) is 20.8 Å². The molecule has 2 aromatic heterocycles. The average Bonchev–Trinajstić information content (AvgIpc) is 3.48. The number of fused-ring (bicyclic) bond motifs is 2. The predicted octanol–water partition coefficient (Wildman–Crippen LogP) is 2.30. The van der Waals surface area contributed by atoms with Crippen LogP contribution in [0.2, 0.25) is 0 Å². The van der Waals surface area contributed by atoms with Crippen molar-refractivity contribution in [2.45, 2.75) is 59.1 Å². The number of ether oxygens (including phenoxy) is 3. The van der Waals surface area contributed by atoms with Gasteiger partial charge in [-0.2, -0.15) is 9.97 Å². The Morgan fingerprint density at radius 3 is 2.73 bits per heavy atom. The van der Waals surface area contributed by atoms with E-state index in [1.54, 1.807) is 24.7 Å². The van der Waals surface area contributed by atoms with Crippen LogP contribution in [0.25, 0.3) is 11.2 Å². The number of methoxy groups -OCH3 is 1. The van der Waals surface area contributed by atoms with Crippen molar-refractivity contribution in [1.29, 1.82) is 0 Å². The van der Waals surface area contributed by atoms with E-state index in [1.165, 1.54) is 7.11 Å². The van der Waals surface area contributed by atoms with Gasteiger partial charge in [-0.1, -0.05) is 32.5 Å². The van der Waals surface area contributed by atoms with Crippen molar-refractivity contribution in [3.8, 4) is 5.88 Å². The zero-order valence-corrected chi connectivity index (χ0v) is 25.6. The molecule has 17 heteroatoms. The van der Waals surface area contributed by atoms with Crippen LogP contribution in [-0.2, 0) is 37.2 Å². The van der Waals surface area contributed by atoms with Crippen molar-refractivity contribution in [3.63, 3.8) is 0 Å². The Hall–Kier alpha value is -2.33. The van der Waals surface area contributed by atoms with Gasteiger partial charge in [-0.05, 0) is 19.8 Å². The summed E-state index contributed by atoms with van der Waals surface area (Å²) >= 11 is 0.975. The number of anilines is 1. The van der Waals surface area contributed by atoms with Crippen LogP contribution in [0.1, 0.15) is 40.8 Å². The summed E-state index contributed by atoms with van der Waals surface area (Å²) in [6, 6.07) is -0.756. The van der Waals surface area contributed by atoms with Crippen LogP contribution in [0.15, 0.2) is 6.33 Å². The molecule has 0 spiro atoms. The maximum atomic E-state index is 13.2. The van der Waals surface area contributed by atoms with Gasteiger partial charge in [0.25, 0.3) is 0 Å². The topological polar surface area (TPSA) is 202 Å². The minimum atomic E-state index is -3.92. The first-order valence-electron chi connectivity index (χ1n) is 13.1. The van der Waals surface area contributed by atoms with Gasteiger partial charge in [0, 0.05) is 11.7 Å². The SMILES string of the molecule is COc1nc(N)nc2c1ncn2C1OC2COP(=O)(OCCSC(=O)C(C)(C)COC(=O)C(N)C(C)C)OC2C1C. The molecule has 41 heavy (non-hydrogen) atoms. The fourth-order valence-electron chi connectivity index (χ4n) is 4.30. The summed E-state index contributed by atoms with van der Waals surface area (Å²) in [4.78, 5) is 37.4. The van der Waals surface area contributed by atoms with Gasteiger partial charge < -0.3 is 25.7 Å². The Kier molecular flexibility index (Phi) is 9.63. The highest BCUT2D eigenvalue weighted by molar-refractivity contribution is 8.13. The molecule has 0 aliphatic carbocycles. The third kappa shape index (κ3) is 6.85. The molecule has 4 N–H and O–H groups in total. The van der Waals surface area contributed by atoms with Crippen LogP contribution in [0.5, 0.6) is 5.88 Å². The molecule has 0 radical (unpaired) electrons. The standard InChI is InChI=1S/C24H37N6O9PS/c1-12(2)15(25)21(31)35-10-24(4,5)22(32)41-8-7-36-40(33)37-9-14-17(39-40)13(3)20(38-14)30-11-27-16-18(30)28-23(26)29-19(16)34-6/h11-15,17,20H,7-10,25H2,1-6H3,(H2,26,28,29). The Morgan fingerprint density at radius 2 is 2.05 bits per heavy atom. The van der Waals surface area contributed by atoms with Gasteiger partial charge in [0.1, 0.15) is 31.1 Å². The molecule has 2 fully saturated rings. The van der Waals surface area contributed by atoms with Crippen molar-refractivity contribution in [3.05, 3.63) is 6.33 Å². The number of carbonyl (C=O) groups excluding carboxylic acids is 2. The normalized spacial score (nSPS) is 27.1. The number of nitrogen functional groups attached to an aromatic ring is 1. The highest BCUT2D eigenvalue weighted by Crippen LogP contribution is 2.58. The molecule has 4 rings (SSSR count). The summed E-state index contributed by atoms with van der Waals surface area (Å²) in [6.45, 7) is 8.66. The number of nitrogens with two attached hydrogens (primary N) is 2. The fraction of sp³-hybridized carbons (Fsp3) is 0.708. The molecule has 2 aromatic rings. The number of phosphoric ester groups is 1. The van der Waals surface area contributed by atoms with Gasteiger partial charge in [-0.15, -0.1) is 0 Å². The number of aromatic nitrogens is 4. The van der Waals surface area contributed by atoms with Crippen LogP contribution in [-0.4, -0.2) is 81.5 Å². The molecule has 2 aliphatic heterocycles. The molecule has 0 bridgehead atoms. The molecule has 0 amide bonds. The first kappa shape index (κ1) is 31.6. The summed E-state index contributed by atoms with van der Waals surface area (Å²) < 4.78 is 48.3. The zero-order chi connectivity index (χ0) is 30.1. The fourth-order valence-corrected chi connectivity index (χ4v) is 6.69. The van der Waals surface area contributed by atoms with Gasteiger partial charge in [0.05, 0.1) is 32.1 Å². The summed E-state index contributed by atoms with van der Waals surface area (Å²) in [5.74, 6) is -0.476. The number of hydrogen-bond acceptors (Lipinski definition) is 15. The van der Waals surface area contributed by atoms with Gasteiger partial charge in [0.2, 0.25) is 11.8 Å². The van der Waals surface area contributed by atoms with Crippen LogP contribution in [0.3, 0.4) is 0 Å². The number of hydrogen-bond donors (Lipinski definition) is 2. The van der Waals surface area contributed by atoms with Crippen molar-refractivity contribution in [2.24, 2.45) is 23.0 Å². The minimum Gasteiger partial charge on any atom is -0.479 e. The van der Waals surface area contributed by atoms with Gasteiger partial charge in [-0.25, -0.2) is 9.55 Å². The zero-order valence-electron chi connectivity index (χ0n) is 23.8. The van der Waals surface area contributed by atoms with E-state index >= 15 is 0 Å². The van der Waals surface area contributed by atoms with Crippen molar-refractivity contribution < 1.29 is 41.9 Å². The molecule has 2 aliphatic rings. The maximum Gasteiger partial charge on any atom is 0.475 e. The quantitative estimate of drug-likeness (QED) is 0.211. The molecule has 6 unspecified atom stereocenters. The predicted molar refractivity (Wildman–Crippen MR) is 149 cm³/mol. The molecule has 2 saturated heterocycles. The monoisotopic (exact) mass is 616 g/mol. The molecule has 0 saturated carbocycles. The van der Waals surface area contributed by atoms with Crippen molar-refractivity contribution >= 4 is 47.8 Å². The van der Waals surface area contributed by atoms with E-state index < -0.39 is 43.7 Å². The number of phosphoric acid groups is 1. The number of esters is 1. The second-order valence-corrected chi connectivity index (χ2v) is 13.6. The number of thioether (sulfide) groups is 1. The second-order valence-electron chi connectivity index (χ2n) is 10.9. The summed E-state index contributed by atoms with van der Waals surface area (Å²) in [5.41, 5.74) is 11.5. The van der Waals surface area contributed by atoms with Crippen molar-refractivity contribution in [1.82, 2.24) is 19.5 Å². The number of imidazole rings is 1. The molecule has 4 heterocycles. The molecule has 15 nitrogen and oxygen atoms in total. The minimum absolute atomic E-state index is 0.0150. The van der Waals surface area contributed by atoms with E-state index in [0.717, 1.165) is 11.8 Å². The molecular formula is C24H37N6O9PS. The third-order valence-electron chi connectivity index (χ3n) is 6.85. The second kappa shape index (κ2) is 12.5. The Morgan fingerprint density at radius 1 is 1.32 bits per heavy atom. The van der Waals surface area contributed by atoms with E-state index in [9.17, 15) is 14.2 Å². The summed E-state index contributed by atoms with van der Waals surface area (Å²) in [6.07, 6.45) is -0.129. The Labute approximate surface area is 241 Å². The lowest BCUT2D eigenvalue weighted by molar-refractivity contribution is -0.150. The van der Waals surface area contributed by atoms with Crippen LogP contribution < -0.4 is 16.2 Å². The Bertz CT molecular complexity index is 1320. The van der Waals surface area contributed by atoms with Crippen LogP contribution in [0, 0.1) is 17.3 Å². The van der Waals surface area contributed by atoms with E-state index in [-0.39, 0.29) is 54.4 Å². The molecule has 0 aromatic carbocycles.